The van der Waals surface area contributed by atoms with E-state index in [1.165, 1.54) is 12.5 Å². The van der Waals surface area contributed by atoms with Crippen LogP contribution in [0.1, 0.15) is 54.0 Å². The summed E-state index contributed by atoms with van der Waals surface area (Å²) in [6.45, 7) is 6.90. The van der Waals surface area contributed by atoms with Crippen LogP contribution in [0.25, 0.3) is 21.8 Å². The highest BCUT2D eigenvalue weighted by molar-refractivity contribution is 7.13. The van der Waals surface area contributed by atoms with Crippen molar-refractivity contribution in [2.45, 2.75) is 46.3 Å². The van der Waals surface area contributed by atoms with Crippen molar-refractivity contribution < 1.29 is 14.3 Å². The third-order valence-corrected chi connectivity index (χ3v) is 7.33. The van der Waals surface area contributed by atoms with Crippen LogP contribution in [0, 0.1) is 5.92 Å². The van der Waals surface area contributed by atoms with Gasteiger partial charge in [0.15, 0.2) is 11.2 Å². The lowest BCUT2D eigenvalue weighted by Crippen LogP contribution is -2.28. The number of benzene rings is 1. The topological polar surface area (TPSA) is 70.4 Å². The quantitative estimate of drug-likeness (QED) is 0.528. The van der Waals surface area contributed by atoms with E-state index in [9.17, 15) is 9.59 Å². The number of methoxy groups -OCH3 is 1. The molecule has 0 saturated heterocycles. The SMILES string of the molecule is COCc1csc(-c2cc3c(c4c2OCC4)-c2cc(=O)c(C(C)=O)cn2C(C(C)C)C3)n1. The minimum atomic E-state index is -0.222. The number of carbonyl (C=O) groups is 1. The van der Waals surface area contributed by atoms with Crippen LogP contribution >= 0.6 is 11.3 Å². The van der Waals surface area contributed by atoms with Crippen LogP contribution < -0.4 is 10.2 Å². The third-order valence-electron chi connectivity index (χ3n) is 6.40. The molecule has 0 spiro atoms. The maximum Gasteiger partial charge on any atom is 0.192 e. The van der Waals surface area contributed by atoms with E-state index < -0.39 is 0 Å². The van der Waals surface area contributed by atoms with Crippen molar-refractivity contribution >= 4 is 17.1 Å². The van der Waals surface area contributed by atoms with Gasteiger partial charge in [-0.25, -0.2) is 4.98 Å². The predicted molar refractivity (Wildman–Crippen MR) is 125 cm³/mol. The van der Waals surface area contributed by atoms with Gasteiger partial charge in [-0.05, 0) is 30.9 Å². The number of ether oxygens (including phenoxy) is 2. The summed E-state index contributed by atoms with van der Waals surface area (Å²) in [6, 6.07) is 3.99. The van der Waals surface area contributed by atoms with Crippen LogP contribution in [0.4, 0.5) is 0 Å². The lowest BCUT2D eigenvalue weighted by molar-refractivity contribution is 0.101. The van der Waals surface area contributed by atoms with E-state index in [-0.39, 0.29) is 22.8 Å². The lowest BCUT2D eigenvalue weighted by Gasteiger charge is -2.34. The molecule has 0 bridgehead atoms. The van der Waals surface area contributed by atoms with Crippen molar-refractivity contribution in [3.63, 3.8) is 0 Å². The van der Waals surface area contributed by atoms with Crippen molar-refractivity contribution in [1.82, 2.24) is 9.55 Å². The van der Waals surface area contributed by atoms with E-state index in [4.69, 9.17) is 14.5 Å². The average Bonchev–Trinajstić information content (AvgIpc) is 3.41. The molecule has 0 saturated carbocycles. The number of nitrogens with zero attached hydrogens (tertiary/aromatic N) is 2. The molecule has 1 unspecified atom stereocenters. The summed E-state index contributed by atoms with van der Waals surface area (Å²) in [5.41, 5.74) is 6.26. The van der Waals surface area contributed by atoms with Gasteiger partial charge in [0, 0.05) is 48.3 Å². The minimum Gasteiger partial charge on any atom is -0.492 e. The Balaban J connectivity index is 1.75. The summed E-state index contributed by atoms with van der Waals surface area (Å²) in [4.78, 5) is 29.6. The molecular formula is C25H26N2O4S. The molecule has 166 valence electrons. The second kappa shape index (κ2) is 7.98. The zero-order chi connectivity index (χ0) is 22.6. The zero-order valence-electron chi connectivity index (χ0n) is 18.7. The highest BCUT2D eigenvalue weighted by Gasteiger charge is 2.33. The molecule has 6 nitrogen and oxygen atoms in total. The Bertz CT molecular complexity index is 1290. The highest BCUT2D eigenvalue weighted by atomic mass is 32.1. The van der Waals surface area contributed by atoms with Gasteiger partial charge < -0.3 is 14.0 Å². The van der Waals surface area contributed by atoms with E-state index >= 15 is 0 Å². The molecule has 1 aromatic carbocycles. The Hall–Kier alpha value is -2.77. The molecular weight excluding hydrogens is 424 g/mol. The number of hydrogen-bond acceptors (Lipinski definition) is 6. The number of thiazole rings is 1. The molecule has 0 N–H and O–H groups in total. The number of ketones is 1. The van der Waals surface area contributed by atoms with Crippen molar-refractivity contribution in [3.05, 3.63) is 56.3 Å². The molecule has 2 aliphatic rings. The molecule has 0 radical (unpaired) electrons. The van der Waals surface area contributed by atoms with Gasteiger partial charge >= 0.3 is 0 Å². The van der Waals surface area contributed by atoms with Crippen LogP contribution in [0.15, 0.2) is 28.5 Å². The fraction of sp³-hybridized carbons (Fsp3) is 0.400. The lowest BCUT2D eigenvalue weighted by atomic mass is 9.83. The fourth-order valence-electron chi connectivity index (χ4n) is 4.89. The van der Waals surface area contributed by atoms with E-state index in [1.807, 2.05) is 5.38 Å². The summed E-state index contributed by atoms with van der Waals surface area (Å²) < 4.78 is 13.5. The molecule has 5 rings (SSSR count). The van der Waals surface area contributed by atoms with Gasteiger partial charge in [-0.3, -0.25) is 9.59 Å². The highest BCUT2D eigenvalue weighted by Crippen LogP contribution is 2.48. The second-order valence-electron chi connectivity index (χ2n) is 8.86. The maximum atomic E-state index is 12.8. The number of hydrogen-bond donors (Lipinski definition) is 0. The minimum absolute atomic E-state index is 0.157. The van der Waals surface area contributed by atoms with Gasteiger partial charge in [0.1, 0.15) is 10.8 Å². The van der Waals surface area contributed by atoms with Crippen LogP contribution in [0.5, 0.6) is 5.75 Å². The predicted octanol–water partition coefficient (Wildman–Crippen LogP) is 4.68. The standard InChI is InChI=1S/C25H26N2O4S/c1-13(2)20-8-15-7-18(25-26-16(11-30-4)12-32-25)24-17(5-6-31-24)23(15)21-9-22(29)19(14(3)28)10-27(20)21/h7,9-10,12-13,20H,5-6,8,11H2,1-4H3. The molecule has 2 aromatic heterocycles. The zero-order valence-corrected chi connectivity index (χ0v) is 19.5. The summed E-state index contributed by atoms with van der Waals surface area (Å²) in [6.07, 6.45) is 3.38. The summed E-state index contributed by atoms with van der Waals surface area (Å²) in [5, 5.41) is 2.95. The van der Waals surface area contributed by atoms with Crippen molar-refractivity contribution in [3.8, 4) is 27.6 Å². The van der Waals surface area contributed by atoms with Crippen LogP contribution in [-0.2, 0) is 24.2 Å². The number of aromatic nitrogens is 2. The van der Waals surface area contributed by atoms with Crippen LogP contribution in [-0.4, -0.2) is 29.1 Å². The number of pyridine rings is 1. The number of carbonyl (C=O) groups excluding carboxylic acids is 1. The number of rotatable bonds is 5. The van der Waals surface area contributed by atoms with Gasteiger partial charge in [-0.2, -0.15) is 0 Å². The van der Waals surface area contributed by atoms with E-state index in [1.54, 1.807) is 30.7 Å². The second-order valence-corrected chi connectivity index (χ2v) is 9.72. The first-order valence-corrected chi connectivity index (χ1v) is 11.8. The van der Waals surface area contributed by atoms with E-state index in [0.29, 0.717) is 19.1 Å². The van der Waals surface area contributed by atoms with Crippen LogP contribution in [0.3, 0.4) is 0 Å². The Morgan fingerprint density at radius 2 is 2.19 bits per heavy atom. The molecule has 7 heteroatoms. The summed E-state index contributed by atoms with van der Waals surface area (Å²) in [7, 11) is 1.67. The number of fused-ring (bicyclic) bond motifs is 5. The average molecular weight is 451 g/mol. The third kappa shape index (κ3) is 3.31. The number of Topliss-reactive ketones (excluding diaryl/α,β-unsaturated/α-hetero) is 1. The molecule has 0 aliphatic carbocycles. The first-order chi connectivity index (χ1) is 15.4. The molecule has 0 fully saturated rings. The Labute approximate surface area is 190 Å². The van der Waals surface area contributed by atoms with Crippen molar-refractivity contribution in [2.24, 2.45) is 5.92 Å². The molecule has 4 heterocycles. The molecule has 2 aliphatic heterocycles. The van der Waals surface area contributed by atoms with Crippen molar-refractivity contribution in [2.75, 3.05) is 13.7 Å². The molecule has 1 atom stereocenters. The molecule has 3 aromatic rings. The fourth-order valence-corrected chi connectivity index (χ4v) is 5.71. The van der Waals surface area contributed by atoms with Gasteiger partial charge in [-0.15, -0.1) is 11.3 Å². The smallest absolute Gasteiger partial charge is 0.192 e. The van der Waals surface area contributed by atoms with Gasteiger partial charge in [0.05, 0.1) is 35.7 Å². The first-order valence-electron chi connectivity index (χ1n) is 10.9. The Kier molecular flexibility index (Phi) is 5.26. The van der Waals surface area contributed by atoms with E-state index in [0.717, 1.165) is 51.7 Å². The summed E-state index contributed by atoms with van der Waals surface area (Å²) >= 11 is 1.60. The maximum absolute atomic E-state index is 12.8. The normalized spacial score (nSPS) is 16.5. The van der Waals surface area contributed by atoms with Gasteiger partial charge in [-0.1, -0.05) is 13.8 Å². The van der Waals surface area contributed by atoms with Crippen LogP contribution in [0.2, 0.25) is 0 Å². The van der Waals surface area contributed by atoms with Crippen molar-refractivity contribution in [1.29, 1.82) is 0 Å². The molecule has 32 heavy (non-hydrogen) atoms. The Morgan fingerprint density at radius 1 is 1.38 bits per heavy atom. The van der Waals surface area contributed by atoms with E-state index in [2.05, 4.69) is 24.5 Å². The van der Waals surface area contributed by atoms with Gasteiger partial charge in [0.25, 0.3) is 0 Å². The largest absolute Gasteiger partial charge is 0.492 e. The van der Waals surface area contributed by atoms with Gasteiger partial charge in [0.2, 0.25) is 0 Å². The summed E-state index contributed by atoms with van der Waals surface area (Å²) in [5.74, 6) is 1.00. The monoisotopic (exact) mass is 450 g/mol. The molecule has 0 amide bonds. The Morgan fingerprint density at radius 3 is 2.91 bits per heavy atom. The first kappa shape index (κ1) is 21.1.